The molecule has 0 spiro atoms. The third-order valence-corrected chi connectivity index (χ3v) is 5.41. The largest absolute Gasteiger partial charge is 0.361 e. The van der Waals surface area contributed by atoms with Gasteiger partial charge in [-0.3, -0.25) is 0 Å². The van der Waals surface area contributed by atoms with Crippen LogP contribution in [0.25, 0.3) is 10.2 Å². The third kappa shape index (κ3) is 3.21. The Labute approximate surface area is 123 Å². The van der Waals surface area contributed by atoms with Crippen molar-refractivity contribution in [3.05, 3.63) is 23.2 Å². The van der Waals surface area contributed by atoms with Gasteiger partial charge in [0.15, 0.2) is 5.13 Å². The zero-order valence-corrected chi connectivity index (χ0v) is 12.6. The van der Waals surface area contributed by atoms with E-state index in [9.17, 15) is 0 Å². The van der Waals surface area contributed by atoms with E-state index in [1.54, 1.807) is 11.3 Å². The number of benzene rings is 1. The summed E-state index contributed by atoms with van der Waals surface area (Å²) >= 11 is 7.83. The topological polar surface area (TPSA) is 24.9 Å². The smallest absolute Gasteiger partial charge is 0.183 e. The summed E-state index contributed by atoms with van der Waals surface area (Å²) in [5, 5.41) is 5.26. The van der Waals surface area contributed by atoms with Crippen LogP contribution >= 0.6 is 22.9 Å². The van der Waals surface area contributed by atoms with Gasteiger partial charge in [0.05, 0.1) is 15.2 Å². The van der Waals surface area contributed by atoms with Gasteiger partial charge < -0.3 is 5.32 Å². The van der Waals surface area contributed by atoms with Gasteiger partial charge in [-0.05, 0) is 24.5 Å². The van der Waals surface area contributed by atoms with E-state index in [1.807, 2.05) is 18.2 Å². The fourth-order valence-electron chi connectivity index (χ4n) is 2.85. The van der Waals surface area contributed by atoms with Crippen LogP contribution in [0.3, 0.4) is 0 Å². The maximum atomic E-state index is 6.17. The first-order valence-electron chi connectivity index (χ1n) is 7.12. The Bertz CT molecular complexity index is 546. The number of nitrogens with zero attached hydrogens (tertiary/aromatic N) is 1. The van der Waals surface area contributed by atoms with Crippen molar-refractivity contribution in [3.63, 3.8) is 0 Å². The highest BCUT2D eigenvalue weighted by Gasteiger charge is 2.13. The molecule has 1 N–H and O–H groups in total. The third-order valence-electron chi connectivity index (χ3n) is 3.92. The van der Waals surface area contributed by atoms with E-state index in [0.717, 1.165) is 32.8 Å². The highest BCUT2D eigenvalue weighted by Crippen LogP contribution is 2.32. The highest BCUT2D eigenvalue weighted by atomic mass is 35.5. The predicted octanol–water partition coefficient (Wildman–Crippen LogP) is 5.33. The number of hydrogen-bond donors (Lipinski definition) is 1. The Balaban J connectivity index is 1.57. The van der Waals surface area contributed by atoms with E-state index >= 15 is 0 Å². The Hall–Kier alpha value is -0.800. The fraction of sp³-hybridized carbons (Fsp3) is 0.533. The van der Waals surface area contributed by atoms with Gasteiger partial charge in [-0.15, -0.1) is 0 Å². The lowest BCUT2D eigenvalue weighted by Gasteiger charge is -2.21. The van der Waals surface area contributed by atoms with Gasteiger partial charge in [0.2, 0.25) is 0 Å². The van der Waals surface area contributed by atoms with Crippen LogP contribution in [-0.2, 0) is 0 Å². The van der Waals surface area contributed by atoms with Crippen LogP contribution in [0.15, 0.2) is 18.2 Å². The second-order valence-corrected chi connectivity index (χ2v) is 6.73. The molecular weight excluding hydrogens is 276 g/mol. The van der Waals surface area contributed by atoms with Crippen LogP contribution in [0, 0.1) is 5.92 Å². The Morgan fingerprint density at radius 3 is 2.89 bits per heavy atom. The van der Waals surface area contributed by atoms with Crippen LogP contribution in [0.1, 0.15) is 38.5 Å². The van der Waals surface area contributed by atoms with Crippen LogP contribution < -0.4 is 5.32 Å². The first-order valence-corrected chi connectivity index (χ1v) is 8.31. The number of aromatic nitrogens is 1. The van der Waals surface area contributed by atoms with Gasteiger partial charge in [-0.25, -0.2) is 4.98 Å². The molecule has 0 bridgehead atoms. The quantitative estimate of drug-likeness (QED) is 0.824. The first kappa shape index (κ1) is 13.2. The van der Waals surface area contributed by atoms with E-state index in [0.29, 0.717) is 0 Å². The minimum absolute atomic E-state index is 0.801. The number of thiazole rings is 1. The molecule has 1 fully saturated rings. The maximum absolute atomic E-state index is 6.17. The molecule has 0 aliphatic heterocycles. The molecular formula is C15H19ClN2S. The molecule has 0 saturated heterocycles. The summed E-state index contributed by atoms with van der Waals surface area (Å²) in [6.45, 7) is 1.03. The lowest BCUT2D eigenvalue weighted by atomic mass is 9.87. The van der Waals surface area contributed by atoms with Crippen molar-refractivity contribution in [2.75, 3.05) is 11.9 Å². The number of hydrogen-bond acceptors (Lipinski definition) is 3. The molecule has 102 valence electrons. The standard InChI is InChI=1S/C15H19ClN2S/c16-12-7-4-8-13-14(12)19-15(18-13)17-10-9-11-5-2-1-3-6-11/h4,7-8,11H,1-3,5-6,9-10H2,(H,17,18). The molecule has 0 unspecified atom stereocenters. The summed E-state index contributed by atoms with van der Waals surface area (Å²) in [5.74, 6) is 0.916. The molecule has 1 saturated carbocycles. The number of nitrogens with one attached hydrogen (secondary N) is 1. The second-order valence-electron chi connectivity index (χ2n) is 5.33. The highest BCUT2D eigenvalue weighted by molar-refractivity contribution is 7.22. The molecule has 4 heteroatoms. The SMILES string of the molecule is Clc1cccc2nc(NCCC3CCCCC3)sc12. The predicted molar refractivity (Wildman–Crippen MR) is 84.3 cm³/mol. The van der Waals surface area contributed by atoms with Gasteiger partial charge >= 0.3 is 0 Å². The molecule has 1 aromatic heterocycles. The van der Waals surface area contributed by atoms with Crippen LogP contribution in [-0.4, -0.2) is 11.5 Å². The fourth-order valence-corrected chi connectivity index (χ4v) is 4.03. The van der Waals surface area contributed by atoms with Crippen molar-refractivity contribution in [2.45, 2.75) is 38.5 Å². The van der Waals surface area contributed by atoms with Crippen molar-refractivity contribution in [1.29, 1.82) is 0 Å². The van der Waals surface area contributed by atoms with Gasteiger partial charge in [-0.2, -0.15) is 0 Å². The zero-order valence-electron chi connectivity index (χ0n) is 11.0. The summed E-state index contributed by atoms with van der Waals surface area (Å²) in [7, 11) is 0. The number of rotatable bonds is 4. The molecule has 1 aromatic carbocycles. The summed E-state index contributed by atoms with van der Waals surface area (Å²) in [6.07, 6.45) is 8.35. The van der Waals surface area contributed by atoms with Gasteiger partial charge in [0, 0.05) is 6.54 Å². The van der Waals surface area contributed by atoms with Crippen LogP contribution in [0.2, 0.25) is 5.02 Å². The minimum atomic E-state index is 0.801. The Morgan fingerprint density at radius 1 is 1.26 bits per heavy atom. The lowest BCUT2D eigenvalue weighted by Crippen LogP contribution is -2.11. The van der Waals surface area contributed by atoms with Crippen molar-refractivity contribution in [2.24, 2.45) is 5.92 Å². The van der Waals surface area contributed by atoms with Gasteiger partial charge in [0.1, 0.15) is 0 Å². The summed E-state index contributed by atoms with van der Waals surface area (Å²) in [6, 6.07) is 5.90. The van der Waals surface area contributed by atoms with Gasteiger partial charge in [0.25, 0.3) is 0 Å². The molecule has 3 rings (SSSR count). The molecule has 1 aliphatic rings. The van der Waals surface area contributed by atoms with Gasteiger partial charge in [-0.1, -0.05) is 61.1 Å². The lowest BCUT2D eigenvalue weighted by molar-refractivity contribution is 0.345. The average Bonchev–Trinajstić information content (AvgIpc) is 2.84. The number of halogens is 1. The van der Waals surface area contributed by atoms with E-state index in [1.165, 1.54) is 38.5 Å². The monoisotopic (exact) mass is 294 g/mol. The van der Waals surface area contributed by atoms with E-state index in [4.69, 9.17) is 11.6 Å². The zero-order chi connectivity index (χ0) is 13.1. The first-order chi connectivity index (χ1) is 9.33. The minimum Gasteiger partial charge on any atom is -0.361 e. The van der Waals surface area contributed by atoms with Crippen molar-refractivity contribution < 1.29 is 0 Å². The molecule has 0 radical (unpaired) electrons. The molecule has 19 heavy (non-hydrogen) atoms. The Morgan fingerprint density at radius 2 is 2.11 bits per heavy atom. The van der Waals surface area contributed by atoms with Crippen molar-refractivity contribution in [1.82, 2.24) is 4.98 Å². The number of fused-ring (bicyclic) bond motifs is 1. The van der Waals surface area contributed by atoms with Crippen molar-refractivity contribution in [3.8, 4) is 0 Å². The van der Waals surface area contributed by atoms with E-state index in [-0.39, 0.29) is 0 Å². The maximum Gasteiger partial charge on any atom is 0.183 e. The molecule has 1 heterocycles. The van der Waals surface area contributed by atoms with Crippen LogP contribution in [0.4, 0.5) is 5.13 Å². The Kier molecular flexibility index (Phi) is 4.24. The molecule has 0 amide bonds. The summed E-state index contributed by atoms with van der Waals surface area (Å²) < 4.78 is 1.09. The molecule has 0 atom stereocenters. The molecule has 1 aliphatic carbocycles. The average molecular weight is 295 g/mol. The molecule has 2 nitrogen and oxygen atoms in total. The summed E-state index contributed by atoms with van der Waals surface area (Å²) in [5.41, 5.74) is 0.998. The van der Waals surface area contributed by atoms with E-state index < -0.39 is 0 Å². The van der Waals surface area contributed by atoms with Crippen molar-refractivity contribution >= 4 is 38.3 Å². The molecule has 2 aromatic rings. The van der Waals surface area contributed by atoms with Crippen LogP contribution in [0.5, 0.6) is 0 Å². The summed E-state index contributed by atoms with van der Waals surface area (Å²) in [4.78, 5) is 4.58. The second kappa shape index (κ2) is 6.10. The van der Waals surface area contributed by atoms with E-state index in [2.05, 4.69) is 10.3 Å². The normalized spacial score (nSPS) is 16.9. The number of anilines is 1.